The van der Waals surface area contributed by atoms with Gasteiger partial charge in [0.15, 0.2) is 11.0 Å². The first-order valence-electron chi connectivity index (χ1n) is 8.16. The molecule has 2 rings (SSSR count). The first-order valence-corrected chi connectivity index (χ1v) is 9.04. The molecule has 0 aliphatic rings. The highest BCUT2D eigenvalue weighted by atomic mass is 32.2. The normalized spacial score (nSPS) is 12.4. The zero-order chi connectivity index (χ0) is 18.4. The van der Waals surface area contributed by atoms with E-state index in [0.717, 1.165) is 16.5 Å². The van der Waals surface area contributed by atoms with Crippen molar-refractivity contribution in [3.63, 3.8) is 0 Å². The Balaban J connectivity index is 2.36. The zero-order valence-corrected chi connectivity index (χ0v) is 16.2. The van der Waals surface area contributed by atoms with E-state index in [2.05, 4.69) is 15.2 Å². The van der Waals surface area contributed by atoms with Gasteiger partial charge in [0.1, 0.15) is 0 Å². The second kappa shape index (κ2) is 8.96. The predicted molar refractivity (Wildman–Crippen MR) is 98.3 cm³/mol. The third-order valence-electron chi connectivity index (χ3n) is 3.70. The lowest BCUT2D eigenvalue weighted by Crippen LogP contribution is -2.35. The summed E-state index contributed by atoms with van der Waals surface area (Å²) in [5.41, 5.74) is 0.936. The van der Waals surface area contributed by atoms with Crippen LogP contribution in [0.5, 0.6) is 0 Å². The van der Waals surface area contributed by atoms with Crippen LogP contribution in [0.2, 0.25) is 0 Å². The molecule has 1 amide bonds. The number of thioether (sulfide) groups is 1. The highest BCUT2D eigenvalue weighted by Gasteiger charge is 2.28. The van der Waals surface area contributed by atoms with E-state index >= 15 is 0 Å². The van der Waals surface area contributed by atoms with Gasteiger partial charge >= 0.3 is 0 Å². The predicted octanol–water partition coefficient (Wildman–Crippen LogP) is 2.19. The Morgan fingerprint density at radius 1 is 1.28 bits per heavy atom. The van der Waals surface area contributed by atoms with Crippen LogP contribution in [0.15, 0.2) is 29.7 Å². The molecule has 0 unspecified atom stereocenters. The minimum atomic E-state index is -0.217. The number of ether oxygens (including phenoxy) is 1. The van der Waals surface area contributed by atoms with E-state index in [1.54, 1.807) is 38.5 Å². The summed E-state index contributed by atoms with van der Waals surface area (Å²) in [5.74, 6) is 1.00. The van der Waals surface area contributed by atoms with E-state index in [0.29, 0.717) is 13.2 Å². The van der Waals surface area contributed by atoms with Crippen LogP contribution >= 0.6 is 11.8 Å². The summed E-state index contributed by atoms with van der Waals surface area (Å²) in [4.78, 5) is 18.2. The molecule has 1 atom stereocenters. The lowest BCUT2D eigenvalue weighted by atomic mass is 10.1. The number of methoxy groups -OCH3 is 1. The van der Waals surface area contributed by atoms with Crippen LogP contribution < -0.4 is 0 Å². The summed E-state index contributed by atoms with van der Waals surface area (Å²) >= 11 is 1.45. The molecule has 0 bridgehead atoms. The Hall–Kier alpha value is -1.93. The summed E-state index contributed by atoms with van der Waals surface area (Å²) in [6.45, 7) is 5.24. The summed E-state index contributed by atoms with van der Waals surface area (Å²) in [7, 11) is 5.21. The van der Waals surface area contributed by atoms with Gasteiger partial charge in [-0.25, -0.2) is 0 Å². The molecule has 0 aliphatic carbocycles. The van der Waals surface area contributed by atoms with Gasteiger partial charge < -0.3 is 9.64 Å². The average Bonchev–Trinajstić information content (AvgIpc) is 3.00. The molecule has 2 heterocycles. The smallest absolute Gasteiger partial charge is 0.235 e. The van der Waals surface area contributed by atoms with Crippen molar-refractivity contribution in [3.8, 4) is 11.4 Å². The molecule has 136 valence electrons. The zero-order valence-electron chi connectivity index (χ0n) is 15.3. The van der Waals surface area contributed by atoms with Gasteiger partial charge in [0.05, 0.1) is 18.4 Å². The van der Waals surface area contributed by atoms with E-state index in [-0.39, 0.29) is 17.1 Å². The fraction of sp³-hybridized carbons (Fsp3) is 0.529. The van der Waals surface area contributed by atoms with Gasteiger partial charge in [-0.3, -0.25) is 14.3 Å². The van der Waals surface area contributed by atoms with Crippen molar-refractivity contribution in [3.05, 3.63) is 24.5 Å². The van der Waals surface area contributed by atoms with Gasteiger partial charge in [-0.1, -0.05) is 25.6 Å². The van der Waals surface area contributed by atoms with E-state index in [1.165, 1.54) is 11.8 Å². The average molecular weight is 363 g/mol. The van der Waals surface area contributed by atoms with Crippen molar-refractivity contribution in [2.45, 2.75) is 30.8 Å². The summed E-state index contributed by atoms with van der Waals surface area (Å²) in [6, 6.07) is 3.79. The Morgan fingerprint density at radius 3 is 2.52 bits per heavy atom. The fourth-order valence-corrected chi connectivity index (χ4v) is 3.52. The Labute approximate surface area is 152 Å². The molecule has 0 saturated carbocycles. The molecule has 8 heteroatoms. The Morgan fingerprint density at radius 2 is 1.96 bits per heavy atom. The minimum Gasteiger partial charge on any atom is -0.383 e. The molecular formula is C17H25N5O2S. The Kier molecular flexibility index (Phi) is 6.95. The molecular weight excluding hydrogens is 338 g/mol. The van der Waals surface area contributed by atoms with Crippen molar-refractivity contribution >= 4 is 17.7 Å². The molecule has 25 heavy (non-hydrogen) atoms. The molecule has 0 N–H and O–H groups in total. The maximum Gasteiger partial charge on any atom is 0.235 e. The lowest BCUT2D eigenvalue weighted by molar-refractivity contribution is -0.128. The number of rotatable bonds is 8. The maximum absolute atomic E-state index is 12.5. The fourth-order valence-electron chi connectivity index (χ4n) is 2.31. The lowest BCUT2D eigenvalue weighted by Gasteiger charge is -2.23. The van der Waals surface area contributed by atoms with Crippen molar-refractivity contribution in [1.82, 2.24) is 24.6 Å². The standard InChI is InChI=1S/C17H25N5O2S/c1-12(2)14(16(23)21(3)4)25-17-20-19-15(22(17)10-11-24-5)13-6-8-18-9-7-13/h6-9,12,14H,10-11H2,1-5H3/t14-/m1/s1. The monoisotopic (exact) mass is 363 g/mol. The Bertz CT molecular complexity index is 688. The number of aromatic nitrogens is 4. The van der Waals surface area contributed by atoms with Gasteiger partial charge in [0, 0.05) is 39.2 Å². The highest BCUT2D eigenvalue weighted by molar-refractivity contribution is 8.00. The van der Waals surface area contributed by atoms with E-state index in [9.17, 15) is 4.79 Å². The topological polar surface area (TPSA) is 73.1 Å². The molecule has 2 aromatic rings. The van der Waals surface area contributed by atoms with Gasteiger partial charge in [-0.15, -0.1) is 10.2 Å². The van der Waals surface area contributed by atoms with Crippen molar-refractivity contribution in [2.75, 3.05) is 27.8 Å². The third kappa shape index (κ3) is 4.79. The first kappa shape index (κ1) is 19.4. The van der Waals surface area contributed by atoms with Gasteiger partial charge in [0.2, 0.25) is 5.91 Å². The van der Waals surface area contributed by atoms with Crippen LogP contribution in [-0.4, -0.2) is 63.6 Å². The summed E-state index contributed by atoms with van der Waals surface area (Å²) in [6.07, 6.45) is 3.45. The maximum atomic E-state index is 12.5. The van der Waals surface area contributed by atoms with Gasteiger partial charge in [-0.2, -0.15) is 0 Å². The second-order valence-corrected chi connectivity index (χ2v) is 7.31. The van der Waals surface area contributed by atoms with Gasteiger partial charge in [0.25, 0.3) is 0 Å². The van der Waals surface area contributed by atoms with Gasteiger partial charge in [-0.05, 0) is 18.1 Å². The summed E-state index contributed by atoms with van der Waals surface area (Å²) in [5, 5.41) is 9.18. The molecule has 2 aromatic heterocycles. The largest absolute Gasteiger partial charge is 0.383 e. The van der Waals surface area contributed by atoms with Crippen LogP contribution in [0.25, 0.3) is 11.4 Å². The van der Waals surface area contributed by atoms with E-state index < -0.39 is 0 Å². The third-order valence-corrected chi connectivity index (χ3v) is 5.21. The number of hydrogen-bond donors (Lipinski definition) is 0. The number of amides is 1. The quantitative estimate of drug-likeness (QED) is 0.670. The molecule has 0 spiro atoms. The number of carbonyl (C=O) groups is 1. The molecule has 0 fully saturated rings. The van der Waals surface area contributed by atoms with Crippen LogP contribution in [0.4, 0.5) is 0 Å². The van der Waals surface area contributed by atoms with Crippen LogP contribution in [-0.2, 0) is 16.1 Å². The number of hydrogen-bond acceptors (Lipinski definition) is 6. The van der Waals surface area contributed by atoms with E-state index in [1.807, 2.05) is 30.5 Å². The van der Waals surface area contributed by atoms with Crippen molar-refractivity contribution in [2.24, 2.45) is 5.92 Å². The molecule has 0 saturated heterocycles. The van der Waals surface area contributed by atoms with E-state index in [4.69, 9.17) is 4.74 Å². The SMILES string of the molecule is COCCn1c(S[C@@H](C(=O)N(C)C)C(C)C)nnc1-c1ccncc1. The van der Waals surface area contributed by atoms with Crippen molar-refractivity contribution in [1.29, 1.82) is 0 Å². The highest BCUT2D eigenvalue weighted by Crippen LogP contribution is 2.30. The number of pyridine rings is 1. The van der Waals surface area contributed by atoms with Crippen molar-refractivity contribution < 1.29 is 9.53 Å². The van der Waals surface area contributed by atoms with Crippen LogP contribution in [0.3, 0.4) is 0 Å². The van der Waals surface area contributed by atoms with Crippen LogP contribution in [0, 0.1) is 5.92 Å². The summed E-state index contributed by atoms with van der Waals surface area (Å²) < 4.78 is 7.23. The molecule has 0 radical (unpaired) electrons. The number of carbonyl (C=O) groups excluding carboxylic acids is 1. The number of nitrogens with zero attached hydrogens (tertiary/aromatic N) is 5. The first-order chi connectivity index (χ1) is 12.0. The second-order valence-electron chi connectivity index (χ2n) is 6.20. The molecule has 7 nitrogen and oxygen atoms in total. The minimum absolute atomic E-state index is 0.0757. The molecule has 0 aromatic carbocycles. The van der Waals surface area contributed by atoms with Crippen LogP contribution in [0.1, 0.15) is 13.8 Å². The molecule has 0 aliphatic heterocycles.